The van der Waals surface area contributed by atoms with Crippen LogP contribution in [0.5, 0.6) is 0 Å². The Morgan fingerprint density at radius 1 is 1.32 bits per heavy atom. The molecule has 1 N–H and O–H groups in total. The zero-order valence-electron chi connectivity index (χ0n) is 13.9. The van der Waals surface area contributed by atoms with Crippen molar-refractivity contribution >= 4 is 17.3 Å². The van der Waals surface area contributed by atoms with E-state index in [-0.39, 0.29) is 0 Å². The molecule has 0 fully saturated rings. The fraction of sp³-hybridized carbons (Fsp3) is 0.167. The summed E-state index contributed by atoms with van der Waals surface area (Å²) in [4.78, 5) is 2.09. The molecular formula is C18H16N6S. The minimum Gasteiger partial charge on any atom is -0.387 e. The average molecular weight is 348 g/mol. The molecule has 4 rings (SSSR count). The van der Waals surface area contributed by atoms with E-state index in [0.717, 1.165) is 38.7 Å². The van der Waals surface area contributed by atoms with Gasteiger partial charge in [0.2, 0.25) is 0 Å². The number of thioether (sulfide) groups is 1. The first-order chi connectivity index (χ1) is 12.2. The number of rotatable bonds is 3. The van der Waals surface area contributed by atoms with Crippen LogP contribution in [0.3, 0.4) is 0 Å². The second-order valence-electron chi connectivity index (χ2n) is 5.78. The van der Waals surface area contributed by atoms with Crippen LogP contribution in [0.15, 0.2) is 52.8 Å². The number of nitriles is 1. The highest BCUT2D eigenvalue weighted by atomic mass is 32.2. The molecule has 1 aliphatic heterocycles. The SMILES string of the molecule is Cc1c(-c2cc(SC3=CNCC=C3)c3c(C#N)cnn3c2)cnn1C. The minimum atomic E-state index is 0.574. The molecule has 0 bridgehead atoms. The zero-order valence-corrected chi connectivity index (χ0v) is 14.7. The van der Waals surface area contributed by atoms with Crippen LogP contribution in [0.1, 0.15) is 11.3 Å². The molecule has 0 spiro atoms. The number of aromatic nitrogens is 4. The van der Waals surface area contributed by atoms with Gasteiger partial charge < -0.3 is 5.32 Å². The predicted octanol–water partition coefficient (Wildman–Crippen LogP) is 3.01. The maximum Gasteiger partial charge on any atom is 0.103 e. The van der Waals surface area contributed by atoms with E-state index >= 15 is 0 Å². The van der Waals surface area contributed by atoms with Crippen LogP contribution >= 0.6 is 11.8 Å². The Hall–Kier alpha value is -2.98. The predicted molar refractivity (Wildman–Crippen MR) is 97.9 cm³/mol. The molecule has 0 radical (unpaired) electrons. The molecule has 0 atom stereocenters. The summed E-state index contributed by atoms with van der Waals surface area (Å²) in [5.41, 5.74) is 4.58. The minimum absolute atomic E-state index is 0.574. The second-order valence-corrected chi connectivity index (χ2v) is 6.90. The van der Waals surface area contributed by atoms with E-state index in [0.29, 0.717) is 5.56 Å². The van der Waals surface area contributed by atoms with Gasteiger partial charge in [0.05, 0.1) is 23.5 Å². The van der Waals surface area contributed by atoms with Gasteiger partial charge in [-0.3, -0.25) is 4.68 Å². The molecule has 0 saturated heterocycles. The lowest BCUT2D eigenvalue weighted by Gasteiger charge is -2.11. The number of allylic oxidation sites excluding steroid dienone is 1. The molecule has 3 aromatic rings. The third kappa shape index (κ3) is 2.71. The van der Waals surface area contributed by atoms with Crippen molar-refractivity contribution < 1.29 is 0 Å². The van der Waals surface area contributed by atoms with Crippen molar-refractivity contribution in [2.75, 3.05) is 6.54 Å². The van der Waals surface area contributed by atoms with Gasteiger partial charge in [0, 0.05) is 52.6 Å². The van der Waals surface area contributed by atoms with Crippen LogP contribution in [0.2, 0.25) is 0 Å². The Balaban J connectivity index is 1.90. The topological polar surface area (TPSA) is 70.9 Å². The second kappa shape index (κ2) is 6.15. The number of aryl methyl sites for hydroxylation is 1. The highest BCUT2D eigenvalue weighted by Crippen LogP contribution is 2.36. The van der Waals surface area contributed by atoms with E-state index in [1.165, 1.54) is 0 Å². The van der Waals surface area contributed by atoms with Crippen LogP contribution < -0.4 is 5.32 Å². The molecule has 7 heteroatoms. The first-order valence-electron chi connectivity index (χ1n) is 7.86. The van der Waals surface area contributed by atoms with Crippen molar-refractivity contribution in [2.45, 2.75) is 11.8 Å². The van der Waals surface area contributed by atoms with Crippen molar-refractivity contribution in [1.29, 1.82) is 5.26 Å². The van der Waals surface area contributed by atoms with Gasteiger partial charge >= 0.3 is 0 Å². The van der Waals surface area contributed by atoms with Gasteiger partial charge in [0.15, 0.2) is 0 Å². The van der Waals surface area contributed by atoms with Crippen molar-refractivity contribution in [3.63, 3.8) is 0 Å². The number of hydrogen-bond acceptors (Lipinski definition) is 5. The fourth-order valence-corrected chi connectivity index (χ4v) is 3.86. The molecule has 0 aromatic carbocycles. The molecule has 25 heavy (non-hydrogen) atoms. The van der Waals surface area contributed by atoms with Gasteiger partial charge in [-0.05, 0) is 19.1 Å². The molecule has 6 nitrogen and oxygen atoms in total. The van der Waals surface area contributed by atoms with Crippen molar-refractivity contribution in [2.24, 2.45) is 7.05 Å². The molecule has 4 heterocycles. The first-order valence-corrected chi connectivity index (χ1v) is 8.67. The van der Waals surface area contributed by atoms with Crippen molar-refractivity contribution in [3.05, 3.63) is 59.2 Å². The molecule has 0 saturated carbocycles. The quantitative estimate of drug-likeness (QED) is 0.788. The summed E-state index contributed by atoms with van der Waals surface area (Å²) in [6.45, 7) is 2.88. The Morgan fingerprint density at radius 2 is 2.20 bits per heavy atom. The summed E-state index contributed by atoms with van der Waals surface area (Å²) >= 11 is 1.62. The van der Waals surface area contributed by atoms with Crippen molar-refractivity contribution in [1.82, 2.24) is 24.7 Å². The maximum atomic E-state index is 9.42. The monoisotopic (exact) mass is 348 g/mol. The van der Waals surface area contributed by atoms with Gasteiger partial charge in [-0.15, -0.1) is 0 Å². The summed E-state index contributed by atoms with van der Waals surface area (Å²) in [7, 11) is 1.93. The average Bonchev–Trinajstić information content (AvgIpc) is 3.19. The van der Waals surface area contributed by atoms with Crippen LogP contribution in [-0.4, -0.2) is 25.9 Å². The smallest absolute Gasteiger partial charge is 0.103 e. The summed E-state index contributed by atoms with van der Waals surface area (Å²) in [6, 6.07) is 4.34. The number of fused-ring (bicyclic) bond motifs is 1. The van der Waals surface area contributed by atoms with E-state index in [1.807, 2.05) is 37.2 Å². The lowest BCUT2D eigenvalue weighted by Crippen LogP contribution is -2.08. The van der Waals surface area contributed by atoms with Gasteiger partial charge in [-0.25, -0.2) is 4.52 Å². The highest BCUT2D eigenvalue weighted by molar-refractivity contribution is 8.03. The maximum absolute atomic E-state index is 9.42. The molecule has 124 valence electrons. The summed E-state index contributed by atoms with van der Waals surface area (Å²) < 4.78 is 3.63. The van der Waals surface area contributed by atoms with E-state index in [4.69, 9.17) is 0 Å². The third-order valence-electron chi connectivity index (χ3n) is 4.23. The summed E-state index contributed by atoms with van der Waals surface area (Å²) in [5.74, 6) is 0. The van der Waals surface area contributed by atoms with Crippen LogP contribution in [-0.2, 0) is 7.05 Å². The Labute approximate surface area is 149 Å². The van der Waals surface area contributed by atoms with Crippen LogP contribution in [0.25, 0.3) is 16.6 Å². The van der Waals surface area contributed by atoms with Gasteiger partial charge in [0.1, 0.15) is 6.07 Å². The molecule has 0 unspecified atom stereocenters. The number of hydrogen-bond donors (Lipinski definition) is 1. The van der Waals surface area contributed by atoms with Crippen LogP contribution in [0, 0.1) is 18.3 Å². The number of nitrogens with one attached hydrogen (secondary N) is 1. The van der Waals surface area contributed by atoms with E-state index in [2.05, 4.69) is 39.8 Å². The number of nitrogens with zero attached hydrogens (tertiary/aromatic N) is 5. The lowest BCUT2D eigenvalue weighted by atomic mass is 10.1. The Kier molecular flexibility index (Phi) is 3.82. The molecule has 3 aromatic heterocycles. The Morgan fingerprint density at radius 3 is 2.88 bits per heavy atom. The largest absolute Gasteiger partial charge is 0.387 e. The molecule has 0 aliphatic carbocycles. The summed E-state index contributed by atoms with van der Waals surface area (Å²) in [5, 5.41) is 21.3. The van der Waals surface area contributed by atoms with Gasteiger partial charge in [-0.2, -0.15) is 15.5 Å². The van der Waals surface area contributed by atoms with Crippen LogP contribution in [0.4, 0.5) is 0 Å². The Bertz CT molecular complexity index is 1060. The normalized spacial score (nSPS) is 13.6. The molecule has 1 aliphatic rings. The van der Waals surface area contributed by atoms with E-state index in [9.17, 15) is 5.26 Å². The van der Waals surface area contributed by atoms with E-state index < -0.39 is 0 Å². The zero-order chi connectivity index (χ0) is 17.4. The van der Waals surface area contributed by atoms with Gasteiger partial charge in [0.25, 0.3) is 0 Å². The molecular weight excluding hydrogens is 332 g/mol. The number of dihydropyridines is 1. The highest BCUT2D eigenvalue weighted by Gasteiger charge is 2.16. The van der Waals surface area contributed by atoms with Gasteiger partial charge in [-0.1, -0.05) is 17.8 Å². The van der Waals surface area contributed by atoms with Crippen molar-refractivity contribution in [3.8, 4) is 17.2 Å². The summed E-state index contributed by atoms with van der Waals surface area (Å²) in [6.07, 6.45) is 11.6. The first kappa shape index (κ1) is 15.5. The third-order valence-corrected chi connectivity index (χ3v) is 5.25. The van der Waals surface area contributed by atoms with E-state index in [1.54, 1.807) is 22.5 Å². The standard InChI is InChI=1S/C18H16N6S/c1-12-16(10-21-23(12)2)13-6-17(25-15-4-3-5-20-9-15)18-14(7-19)8-22-24(18)11-13/h3-4,6,8-11,20H,5H2,1-2H3. The number of pyridine rings is 1. The molecule has 0 amide bonds. The lowest BCUT2D eigenvalue weighted by molar-refractivity contribution is 0.740. The fourth-order valence-electron chi connectivity index (χ4n) is 2.81.